The van der Waals surface area contributed by atoms with Gasteiger partial charge in [0.2, 0.25) is 5.89 Å². The number of hydrogen-bond donors (Lipinski definition) is 0. The molecule has 3 aromatic heterocycles. The molecule has 7 nitrogen and oxygen atoms in total. The van der Waals surface area contributed by atoms with Crippen LogP contribution in [0.3, 0.4) is 0 Å². The van der Waals surface area contributed by atoms with Crippen LogP contribution in [0.25, 0.3) is 10.2 Å². The van der Waals surface area contributed by atoms with Crippen molar-refractivity contribution < 1.29 is 9.26 Å². The van der Waals surface area contributed by atoms with Gasteiger partial charge in [-0.05, 0) is 45.1 Å². The van der Waals surface area contributed by atoms with E-state index in [4.69, 9.17) is 14.2 Å². The van der Waals surface area contributed by atoms with Gasteiger partial charge in [-0.25, -0.2) is 4.98 Å². The van der Waals surface area contributed by atoms with Gasteiger partial charge in [-0.1, -0.05) is 30.8 Å². The summed E-state index contributed by atoms with van der Waals surface area (Å²) in [7, 11) is 0. The minimum Gasteiger partial charge on any atom is -0.376 e. The molecule has 1 fully saturated rings. The Hall–Kier alpha value is -1.71. The fourth-order valence-corrected chi connectivity index (χ4v) is 5.97. The molecule has 2 atom stereocenters. The third-order valence-corrected chi connectivity index (χ3v) is 7.55. The van der Waals surface area contributed by atoms with Crippen LogP contribution in [0, 0.1) is 6.92 Å². The molecule has 0 spiro atoms. The Balaban J connectivity index is 1.73. The van der Waals surface area contributed by atoms with Crippen molar-refractivity contribution in [2.75, 3.05) is 6.61 Å². The number of thioether (sulfide) groups is 1. The van der Waals surface area contributed by atoms with E-state index >= 15 is 0 Å². The molecule has 1 aliphatic heterocycles. The molecule has 30 heavy (non-hydrogen) atoms. The summed E-state index contributed by atoms with van der Waals surface area (Å²) in [5, 5.41) is 5.41. The zero-order valence-corrected chi connectivity index (χ0v) is 19.6. The molecule has 9 heteroatoms. The van der Waals surface area contributed by atoms with Crippen LogP contribution in [-0.4, -0.2) is 32.4 Å². The molecule has 0 unspecified atom stereocenters. The Bertz CT molecular complexity index is 1080. The Labute approximate surface area is 184 Å². The Morgan fingerprint density at radius 1 is 1.33 bits per heavy atom. The number of ether oxygens (including phenoxy) is 1. The number of thiophene rings is 1. The molecule has 162 valence electrons. The molecule has 0 saturated carbocycles. The molecule has 3 aromatic rings. The van der Waals surface area contributed by atoms with Crippen molar-refractivity contribution >= 4 is 33.3 Å². The van der Waals surface area contributed by atoms with Gasteiger partial charge >= 0.3 is 0 Å². The predicted octanol–water partition coefficient (Wildman–Crippen LogP) is 4.70. The number of fused-ring (bicyclic) bond motifs is 1. The van der Waals surface area contributed by atoms with Crippen molar-refractivity contribution in [2.45, 2.75) is 82.9 Å². The third kappa shape index (κ3) is 4.20. The summed E-state index contributed by atoms with van der Waals surface area (Å²) in [4.78, 5) is 24.9. The van der Waals surface area contributed by atoms with E-state index in [2.05, 4.69) is 30.9 Å². The van der Waals surface area contributed by atoms with Crippen molar-refractivity contribution in [3.63, 3.8) is 0 Å². The summed E-state index contributed by atoms with van der Waals surface area (Å²) < 4.78 is 13.1. The number of hydrogen-bond acceptors (Lipinski definition) is 8. The van der Waals surface area contributed by atoms with Crippen molar-refractivity contribution in [3.8, 4) is 0 Å². The van der Waals surface area contributed by atoms with E-state index in [0.717, 1.165) is 65.2 Å². The Morgan fingerprint density at radius 2 is 2.17 bits per heavy atom. The molecule has 0 N–H and O–H groups in total. The van der Waals surface area contributed by atoms with E-state index in [1.807, 2.05) is 6.92 Å². The lowest BCUT2D eigenvalue weighted by Crippen LogP contribution is -2.29. The molecule has 4 heterocycles. The van der Waals surface area contributed by atoms with E-state index in [1.165, 1.54) is 11.8 Å². The predicted molar refractivity (Wildman–Crippen MR) is 120 cm³/mol. The second-order valence-electron chi connectivity index (χ2n) is 7.67. The summed E-state index contributed by atoms with van der Waals surface area (Å²) in [6.07, 6.45) is 4.65. The highest BCUT2D eigenvalue weighted by atomic mass is 32.2. The minimum atomic E-state index is -0.102. The van der Waals surface area contributed by atoms with Gasteiger partial charge in [0.15, 0.2) is 11.0 Å². The zero-order chi connectivity index (χ0) is 21.3. The van der Waals surface area contributed by atoms with Crippen LogP contribution in [0.4, 0.5) is 0 Å². The topological polar surface area (TPSA) is 83.0 Å². The van der Waals surface area contributed by atoms with E-state index in [-0.39, 0.29) is 16.9 Å². The molecule has 0 radical (unpaired) electrons. The maximum atomic E-state index is 13.5. The molecule has 1 aliphatic rings. The van der Waals surface area contributed by atoms with Gasteiger partial charge in [-0.15, -0.1) is 11.3 Å². The van der Waals surface area contributed by atoms with Gasteiger partial charge in [0.25, 0.3) is 5.56 Å². The van der Waals surface area contributed by atoms with E-state index in [1.54, 1.807) is 15.9 Å². The monoisotopic (exact) mass is 448 g/mol. The maximum absolute atomic E-state index is 13.5. The van der Waals surface area contributed by atoms with Crippen molar-refractivity contribution in [1.29, 1.82) is 0 Å². The first-order valence-corrected chi connectivity index (χ1v) is 12.3. The first kappa shape index (κ1) is 21.5. The standard InChI is InChI=1S/C21H28N4O3S2/c1-5-8-16-22-18(28-24-16)13(4)30-21-23-19-17(15(6-2)12(3)29-19)20(26)25(21)11-14-9-7-10-27-14/h13-14H,5-11H2,1-4H3/t13-,14-/m0/s1. The number of nitrogens with zero attached hydrogens (tertiary/aromatic N) is 4. The lowest BCUT2D eigenvalue weighted by atomic mass is 10.1. The van der Waals surface area contributed by atoms with Crippen molar-refractivity contribution in [1.82, 2.24) is 19.7 Å². The van der Waals surface area contributed by atoms with Gasteiger partial charge in [0.1, 0.15) is 4.83 Å². The zero-order valence-electron chi connectivity index (χ0n) is 17.9. The van der Waals surface area contributed by atoms with Crippen LogP contribution in [0.2, 0.25) is 0 Å². The fourth-order valence-electron chi connectivity index (χ4n) is 3.87. The van der Waals surface area contributed by atoms with Crippen LogP contribution in [0.15, 0.2) is 14.5 Å². The normalized spacial score (nSPS) is 17.8. The molecule has 0 amide bonds. The molecular formula is C21H28N4O3S2. The minimum absolute atomic E-state index is 0.0311. The second kappa shape index (κ2) is 9.20. The molecule has 0 aliphatic carbocycles. The molecule has 0 aromatic carbocycles. The quantitative estimate of drug-likeness (QED) is 0.365. The van der Waals surface area contributed by atoms with Crippen LogP contribution < -0.4 is 5.56 Å². The summed E-state index contributed by atoms with van der Waals surface area (Å²) in [6, 6.07) is 0. The summed E-state index contributed by atoms with van der Waals surface area (Å²) in [5.41, 5.74) is 1.14. The number of rotatable bonds is 8. The maximum Gasteiger partial charge on any atom is 0.263 e. The van der Waals surface area contributed by atoms with Crippen LogP contribution in [-0.2, 0) is 24.1 Å². The van der Waals surface area contributed by atoms with E-state index in [0.29, 0.717) is 17.6 Å². The molecule has 1 saturated heterocycles. The summed E-state index contributed by atoms with van der Waals surface area (Å²) in [5.74, 6) is 1.29. The number of aryl methyl sites for hydroxylation is 3. The smallest absolute Gasteiger partial charge is 0.263 e. The largest absolute Gasteiger partial charge is 0.376 e. The first-order valence-electron chi connectivity index (χ1n) is 10.6. The van der Waals surface area contributed by atoms with Gasteiger partial charge < -0.3 is 9.26 Å². The average Bonchev–Trinajstić information content (AvgIpc) is 3.45. The average molecular weight is 449 g/mol. The highest BCUT2D eigenvalue weighted by Gasteiger charge is 2.25. The third-order valence-electron chi connectivity index (χ3n) is 5.43. The second-order valence-corrected chi connectivity index (χ2v) is 10.2. The van der Waals surface area contributed by atoms with Crippen molar-refractivity contribution in [3.05, 3.63) is 32.5 Å². The van der Waals surface area contributed by atoms with Gasteiger partial charge in [0, 0.05) is 17.9 Å². The van der Waals surface area contributed by atoms with Gasteiger partial charge in [-0.2, -0.15) is 4.98 Å². The fraction of sp³-hybridized carbons (Fsp3) is 0.619. The molecule has 0 bridgehead atoms. The van der Waals surface area contributed by atoms with Crippen molar-refractivity contribution in [2.24, 2.45) is 0 Å². The highest BCUT2D eigenvalue weighted by Crippen LogP contribution is 2.35. The Kier molecular flexibility index (Phi) is 6.60. The lowest BCUT2D eigenvalue weighted by Gasteiger charge is -2.17. The number of aromatic nitrogens is 4. The van der Waals surface area contributed by atoms with Gasteiger partial charge in [0.05, 0.1) is 23.3 Å². The SMILES string of the molecule is CCCc1noc([C@H](C)Sc2nc3sc(C)c(CC)c3c(=O)n2C[C@@H]2CCCO2)n1. The Morgan fingerprint density at radius 3 is 2.87 bits per heavy atom. The van der Waals surface area contributed by atoms with Crippen LogP contribution in [0.5, 0.6) is 0 Å². The first-order chi connectivity index (χ1) is 14.5. The lowest BCUT2D eigenvalue weighted by molar-refractivity contribution is 0.0937. The highest BCUT2D eigenvalue weighted by molar-refractivity contribution is 7.99. The summed E-state index contributed by atoms with van der Waals surface area (Å²) in [6.45, 7) is 9.54. The van der Waals surface area contributed by atoms with E-state index in [9.17, 15) is 4.79 Å². The van der Waals surface area contributed by atoms with Crippen LogP contribution >= 0.6 is 23.1 Å². The molecule has 4 rings (SSSR count). The summed E-state index contributed by atoms with van der Waals surface area (Å²) >= 11 is 3.09. The van der Waals surface area contributed by atoms with Gasteiger partial charge in [-0.3, -0.25) is 9.36 Å². The van der Waals surface area contributed by atoms with E-state index < -0.39 is 0 Å². The molecular weight excluding hydrogens is 420 g/mol. The van der Waals surface area contributed by atoms with Crippen LogP contribution in [0.1, 0.15) is 67.4 Å².